The number of hydrogen-bond acceptors (Lipinski definition) is 3. The van der Waals surface area contributed by atoms with E-state index in [1.54, 1.807) is 0 Å². The van der Waals surface area contributed by atoms with Gasteiger partial charge in [0.05, 0.1) is 0 Å². The predicted molar refractivity (Wildman–Crippen MR) is 57.0 cm³/mol. The zero-order chi connectivity index (χ0) is 9.64. The molecular weight excluding hydrogens is 176 g/mol. The van der Waals surface area contributed by atoms with Gasteiger partial charge in [0.25, 0.3) is 0 Å². The van der Waals surface area contributed by atoms with Crippen molar-refractivity contribution in [1.29, 1.82) is 0 Å². The van der Waals surface area contributed by atoms with Crippen LogP contribution in [0.4, 0.5) is 0 Å². The number of nitrogens with zero attached hydrogens (tertiary/aromatic N) is 1. The smallest absolute Gasteiger partial charge is 0.0468 e. The molecule has 2 saturated heterocycles. The first kappa shape index (κ1) is 10.4. The molecule has 0 aromatic rings. The lowest BCUT2D eigenvalue weighted by molar-refractivity contribution is 0.0548. The Morgan fingerprint density at radius 1 is 1.21 bits per heavy atom. The molecule has 0 bridgehead atoms. The van der Waals surface area contributed by atoms with Crippen LogP contribution >= 0.6 is 0 Å². The molecule has 2 aliphatic heterocycles. The standard InChI is InChI=1S/C11H22N2O/c1-2-7-13(12-6-1)8-3-11-4-9-14-10-5-11/h11-12H,1-10H2. The summed E-state index contributed by atoms with van der Waals surface area (Å²) in [6, 6.07) is 0. The van der Waals surface area contributed by atoms with E-state index in [1.807, 2.05) is 0 Å². The van der Waals surface area contributed by atoms with Gasteiger partial charge in [0.1, 0.15) is 0 Å². The van der Waals surface area contributed by atoms with Crippen LogP contribution in [-0.4, -0.2) is 37.9 Å². The minimum Gasteiger partial charge on any atom is -0.381 e. The van der Waals surface area contributed by atoms with Crippen LogP contribution in [-0.2, 0) is 4.74 Å². The number of rotatable bonds is 3. The van der Waals surface area contributed by atoms with Gasteiger partial charge in [0.15, 0.2) is 0 Å². The van der Waals surface area contributed by atoms with Gasteiger partial charge < -0.3 is 4.74 Å². The van der Waals surface area contributed by atoms with Crippen LogP contribution in [0.2, 0.25) is 0 Å². The lowest BCUT2D eigenvalue weighted by atomic mass is 9.96. The van der Waals surface area contributed by atoms with Crippen molar-refractivity contribution in [2.75, 3.05) is 32.8 Å². The highest BCUT2D eigenvalue weighted by Crippen LogP contribution is 2.18. The summed E-state index contributed by atoms with van der Waals surface area (Å²) in [5.41, 5.74) is 3.46. The third-order valence-corrected chi connectivity index (χ3v) is 3.34. The zero-order valence-corrected chi connectivity index (χ0v) is 9.00. The maximum Gasteiger partial charge on any atom is 0.0468 e. The fourth-order valence-corrected chi connectivity index (χ4v) is 2.31. The second-order valence-corrected chi connectivity index (χ2v) is 4.45. The first-order valence-electron chi connectivity index (χ1n) is 6.01. The zero-order valence-electron chi connectivity index (χ0n) is 9.00. The average Bonchev–Trinajstić information content (AvgIpc) is 2.29. The highest BCUT2D eigenvalue weighted by atomic mass is 16.5. The Labute approximate surface area is 86.8 Å². The van der Waals surface area contributed by atoms with E-state index in [-0.39, 0.29) is 0 Å². The summed E-state index contributed by atoms with van der Waals surface area (Å²) in [6.07, 6.45) is 6.59. The Morgan fingerprint density at radius 3 is 2.79 bits per heavy atom. The summed E-state index contributed by atoms with van der Waals surface area (Å²) in [5.74, 6) is 0.910. The van der Waals surface area contributed by atoms with Gasteiger partial charge in [-0.2, -0.15) is 0 Å². The summed E-state index contributed by atoms with van der Waals surface area (Å²) in [6.45, 7) is 5.61. The summed E-state index contributed by atoms with van der Waals surface area (Å²) in [4.78, 5) is 0. The molecule has 0 aromatic carbocycles. The molecule has 0 saturated carbocycles. The van der Waals surface area contributed by atoms with Gasteiger partial charge in [-0.25, -0.2) is 5.01 Å². The molecule has 1 N–H and O–H groups in total. The van der Waals surface area contributed by atoms with Gasteiger partial charge in [0.2, 0.25) is 0 Å². The van der Waals surface area contributed by atoms with Crippen molar-refractivity contribution in [3.8, 4) is 0 Å². The van der Waals surface area contributed by atoms with Gasteiger partial charge in [-0.1, -0.05) is 0 Å². The average molecular weight is 198 g/mol. The van der Waals surface area contributed by atoms with Crippen molar-refractivity contribution >= 4 is 0 Å². The number of nitrogens with one attached hydrogen (secondary N) is 1. The van der Waals surface area contributed by atoms with E-state index in [1.165, 1.54) is 51.7 Å². The van der Waals surface area contributed by atoms with E-state index >= 15 is 0 Å². The van der Waals surface area contributed by atoms with Crippen LogP contribution in [0.15, 0.2) is 0 Å². The molecule has 0 aliphatic carbocycles. The van der Waals surface area contributed by atoms with E-state index in [2.05, 4.69) is 10.4 Å². The number of hydrogen-bond donors (Lipinski definition) is 1. The lowest BCUT2D eigenvalue weighted by Crippen LogP contribution is -2.44. The van der Waals surface area contributed by atoms with Crippen LogP contribution in [0.1, 0.15) is 32.1 Å². The van der Waals surface area contributed by atoms with Crippen molar-refractivity contribution in [2.45, 2.75) is 32.1 Å². The van der Waals surface area contributed by atoms with E-state index in [0.717, 1.165) is 19.1 Å². The minimum absolute atomic E-state index is 0.910. The van der Waals surface area contributed by atoms with Crippen molar-refractivity contribution in [1.82, 2.24) is 10.4 Å². The lowest BCUT2D eigenvalue weighted by Gasteiger charge is -2.30. The molecule has 0 aromatic heterocycles. The highest BCUT2D eigenvalue weighted by Gasteiger charge is 2.16. The Kier molecular flexibility index (Phi) is 4.22. The summed E-state index contributed by atoms with van der Waals surface area (Å²) in [5, 5.41) is 2.40. The second kappa shape index (κ2) is 5.69. The molecule has 2 heterocycles. The molecule has 0 spiro atoms. The predicted octanol–water partition coefficient (Wildman–Crippen LogP) is 1.40. The topological polar surface area (TPSA) is 24.5 Å². The fraction of sp³-hybridized carbons (Fsp3) is 1.00. The molecule has 3 nitrogen and oxygen atoms in total. The van der Waals surface area contributed by atoms with Gasteiger partial charge in [-0.15, -0.1) is 0 Å². The molecule has 3 heteroatoms. The quantitative estimate of drug-likeness (QED) is 0.742. The molecule has 2 fully saturated rings. The van der Waals surface area contributed by atoms with E-state index in [9.17, 15) is 0 Å². The molecule has 2 rings (SSSR count). The summed E-state index contributed by atoms with van der Waals surface area (Å²) >= 11 is 0. The Hall–Kier alpha value is -0.120. The normalized spacial score (nSPS) is 26.6. The highest BCUT2D eigenvalue weighted by molar-refractivity contribution is 4.67. The van der Waals surface area contributed by atoms with Gasteiger partial charge in [-0.3, -0.25) is 5.43 Å². The molecular formula is C11H22N2O. The van der Waals surface area contributed by atoms with Crippen LogP contribution < -0.4 is 5.43 Å². The van der Waals surface area contributed by atoms with Gasteiger partial charge >= 0.3 is 0 Å². The van der Waals surface area contributed by atoms with Crippen molar-refractivity contribution < 1.29 is 4.74 Å². The SMILES string of the molecule is C1CCN(CCC2CCOCC2)NC1. The molecule has 82 valence electrons. The molecule has 0 radical (unpaired) electrons. The molecule has 14 heavy (non-hydrogen) atoms. The van der Waals surface area contributed by atoms with E-state index in [4.69, 9.17) is 4.74 Å². The van der Waals surface area contributed by atoms with Gasteiger partial charge in [0, 0.05) is 32.8 Å². The second-order valence-electron chi connectivity index (χ2n) is 4.45. The first-order valence-corrected chi connectivity index (χ1v) is 6.01. The van der Waals surface area contributed by atoms with Crippen LogP contribution in [0.5, 0.6) is 0 Å². The van der Waals surface area contributed by atoms with Gasteiger partial charge in [-0.05, 0) is 38.0 Å². The third-order valence-electron chi connectivity index (χ3n) is 3.34. The molecule has 0 unspecified atom stereocenters. The van der Waals surface area contributed by atoms with E-state index in [0.29, 0.717) is 0 Å². The molecule has 0 atom stereocenters. The Morgan fingerprint density at radius 2 is 2.07 bits per heavy atom. The fourth-order valence-electron chi connectivity index (χ4n) is 2.31. The maximum absolute atomic E-state index is 5.36. The van der Waals surface area contributed by atoms with E-state index < -0.39 is 0 Å². The van der Waals surface area contributed by atoms with Crippen LogP contribution in [0.25, 0.3) is 0 Å². The van der Waals surface area contributed by atoms with Crippen molar-refractivity contribution in [3.63, 3.8) is 0 Å². The first-order chi connectivity index (χ1) is 6.95. The third kappa shape index (κ3) is 3.23. The Balaban J connectivity index is 1.60. The molecule has 0 amide bonds. The minimum atomic E-state index is 0.910. The molecule has 2 aliphatic rings. The number of ether oxygens (including phenoxy) is 1. The van der Waals surface area contributed by atoms with Crippen LogP contribution in [0, 0.1) is 5.92 Å². The Bertz CT molecular complexity index is 133. The summed E-state index contributed by atoms with van der Waals surface area (Å²) in [7, 11) is 0. The van der Waals surface area contributed by atoms with Crippen molar-refractivity contribution in [2.24, 2.45) is 5.92 Å². The van der Waals surface area contributed by atoms with Crippen molar-refractivity contribution in [3.05, 3.63) is 0 Å². The maximum atomic E-state index is 5.36. The monoisotopic (exact) mass is 198 g/mol. The summed E-state index contributed by atoms with van der Waals surface area (Å²) < 4.78 is 5.36. The largest absolute Gasteiger partial charge is 0.381 e. The number of hydrazine groups is 1. The van der Waals surface area contributed by atoms with Crippen LogP contribution in [0.3, 0.4) is 0 Å².